The summed E-state index contributed by atoms with van der Waals surface area (Å²) >= 11 is 0. The number of carbonyl (C=O) groups is 1. The van der Waals surface area contributed by atoms with Crippen molar-refractivity contribution in [2.45, 2.75) is 19.9 Å². The number of rotatable bonds is 3. The quantitative estimate of drug-likeness (QED) is 0.903. The maximum absolute atomic E-state index is 12.4. The van der Waals surface area contributed by atoms with Crippen LogP contribution in [0.25, 0.3) is 10.9 Å². The highest BCUT2D eigenvalue weighted by Gasteiger charge is 2.56. The highest BCUT2D eigenvalue weighted by atomic mass is 16.2. The van der Waals surface area contributed by atoms with Crippen LogP contribution in [-0.2, 0) is 11.8 Å². The van der Waals surface area contributed by atoms with Crippen molar-refractivity contribution in [3.8, 4) is 0 Å². The van der Waals surface area contributed by atoms with Crippen LogP contribution in [0.5, 0.6) is 0 Å². The number of piperidine rings is 1. The minimum Gasteiger partial charge on any atom is -0.348 e. The number of amides is 1. The van der Waals surface area contributed by atoms with Gasteiger partial charge in [0.25, 0.3) is 0 Å². The zero-order chi connectivity index (χ0) is 15.4. The predicted molar refractivity (Wildman–Crippen MR) is 85.3 cm³/mol. The molecule has 2 fully saturated rings. The van der Waals surface area contributed by atoms with E-state index in [0.717, 1.165) is 29.7 Å². The molecule has 0 spiro atoms. The van der Waals surface area contributed by atoms with Crippen LogP contribution >= 0.6 is 0 Å². The Hall–Kier alpha value is -1.88. The van der Waals surface area contributed by atoms with Gasteiger partial charge in [-0.15, -0.1) is 0 Å². The molecule has 2 aromatic rings. The molecule has 1 aromatic carbocycles. The molecule has 0 radical (unpaired) electrons. The van der Waals surface area contributed by atoms with Gasteiger partial charge in [-0.3, -0.25) is 9.48 Å². The summed E-state index contributed by atoms with van der Waals surface area (Å²) in [6.07, 6.45) is 0. The molecular formula is C17H22N4O. The smallest absolute Gasteiger partial charge is 0.224 e. The third-order valence-electron chi connectivity index (χ3n) is 5.26. The molecule has 116 valence electrons. The Kier molecular flexibility index (Phi) is 3.01. The van der Waals surface area contributed by atoms with Gasteiger partial charge in [-0.1, -0.05) is 18.2 Å². The van der Waals surface area contributed by atoms with E-state index in [4.69, 9.17) is 0 Å². The number of nitrogens with zero attached hydrogens (tertiary/aromatic N) is 2. The fourth-order valence-electron chi connectivity index (χ4n) is 4.07. The molecule has 1 saturated heterocycles. The number of aromatic nitrogens is 2. The Balaban J connectivity index is 1.57. The van der Waals surface area contributed by atoms with Crippen LogP contribution in [0.15, 0.2) is 18.2 Å². The molecule has 3 unspecified atom stereocenters. The number of carbonyl (C=O) groups excluding carboxylic acids is 1. The van der Waals surface area contributed by atoms with Crippen molar-refractivity contribution in [1.82, 2.24) is 20.4 Å². The topological polar surface area (TPSA) is 59.0 Å². The Morgan fingerprint density at radius 1 is 1.41 bits per heavy atom. The van der Waals surface area contributed by atoms with Crippen molar-refractivity contribution in [3.05, 3.63) is 29.5 Å². The van der Waals surface area contributed by atoms with E-state index in [1.807, 2.05) is 24.7 Å². The van der Waals surface area contributed by atoms with Crippen molar-refractivity contribution < 1.29 is 4.79 Å². The molecule has 5 heteroatoms. The molecule has 1 amide bonds. The van der Waals surface area contributed by atoms with Crippen LogP contribution in [0.4, 0.5) is 0 Å². The SMILES string of the molecule is Cc1cccc2c(C(C)NC(=O)C3C4CNCC43)nn(C)c12. The lowest BCUT2D eigenvalue weighted by atomic mass is 10.1. The molecule has 1 aliphatic heterocycles. The average Bonchev–Trinajstić information content (AvgIpc) is 2.82. The van der Waals surface area contributed by atoms with Crippen LogP contribution in [0.1, 0.15) is 24.2 Å². The first-order valence-corrected chi connectivity index (χ1v) is 8.01. The minimum absolute atomic E-state index is 0.0627. The molecule has 3 atom stereocenters. The number of para-hydroxylation sites is 1. The summed E-state index contributed by atoms with van der Waals surface area (Å²) in [6, 6.07) is 6.17. The zero-order valence-electron chi connectivity index (χ0n) is 13.3. The van der Waals surface area contributed by atoms with Crippen LogP contribution < -0.4 is 10.6 Å². The number of hydrogen-bond acceptors (Lipinski definition) is 3. The summed E-state index contributed by atoms with van der Waals surface area (Å²) in [7, 11) is 1.96. The number of aryl methyl sites for hydroxylation is 2. The summed E-state index contributed by atoms with van der Waals surface area (Å²) in [6.45, 7) is 6.10. The summed E-state index contributed by atoms with van der Waals surface area (Å²) < 4.78 is 1.92. The van der Waals surface area contributed by atoms with Gasteiger partial charge in [0.15, 0.2) is 0 Å². The van der Waals surface area contributed by atoms with Crippen LogP contribution in [0.3, 0.4) is 0 Å². The van der Waals surface area contributed by atoms with E-state index in [1.54, 1.807) is 0 Å². The second-order valence-electron chi connectivity index (χ2n) is 6.72. The Labute approximate surface area is 130 Å². The van der Waals surface area contributed by atoms with Gasteiger partial charge < -0.3 is 10.6 Å². The van der Waals surface area contributed by atoms with Gasteiger partial charge in [0.2, 0.25) is 5.91 Å². The largest absolute Gasteiger partial charge is 0.348 e. The molecule has 1 aliphatic carbocycles. The molecule has 1 aromatic heterocycles. The number of nitrogens with one attached hydrogen (secondary N) is 2. The lowest BCUT2D eigenvalue weighted by Gasteiger charge is -2.13. The maximum atomic E-state index is 12.4. The van der Waals surface area contributed by atoms with E-state index >= 15 is 0 Å². The normalized spacial score (nSPS) is 27.7. The first-order chi connectivity index (χ1) is 10.6. The van der Waals surface area contributed by atoms with Crippen molar-refractivity contribution in [2.24, 2.45) is 24.8 Å². The molecule has 4 rings (SSSR count). The fraction of sp³-hybridized carbons (Fsp3) is 0.529. The Morgan fingerprint density at radius 2 is 2.14 bits per heavy atom. The van der Waals surface area contributed by atoms with Crippen LogP contribution in [-0.4, -0.2) is 28.8 Å². The second-order valence-corrected chi connectivity index (χ2v) is 6.72. The number of fused-ring (bicyclic) bond motifs is 2. The molecule has 1 saturated carbocycles. The van der Waals surface area contributed by atoms with Crippen molar-refractivity contribution in [1.29, 1.82) is 0 Å². The molecule has 5 nitrogen and oxygen atoms in total. The Morgan fingerprint density at radius 3 is 2.86 bits per heavy atom. The van der Waals surface area contributed by atoms with E-state index in [9.17, 15) is 4.79 Å². The van der Waals surface area contributed by atoms with Gasteiger partial charge in [0, 0.05) is 18.4 Å². The van der Waals surface area contributed by atoms with E-state index < -0.39 is 0 Å². The minimum atomic E-state index is -0.0627. The maximum Gasteiger partial charge on any atom is 0.224 e. The average molecular weight is 298 g/mol. The first kappa shape index (κ1) is 13.8. The summed E-state index contributed by atoms with van der Waals surface area (Å²) in [5.74, 6) is 1.50. The predicted octanol–water partition coefficient (Wildman–Crippen LogP) is 1.52. The van der Waals surface area contributed by atoms with Gasteiger partial charge in [-0.25, -0.2) is 0 Å². The van der Waals surface area contributed by atoms with Crippen molar-refractivity contribution in [3.63, 3.8) is 0 Å². The molecule has 2 aliphatic rings. The van der Waals surface area contributed by atoms with E-state index in [2.05, 4.69) is 34.8 Å². The number of benzene rings is 1. The molecule has 22 heavy (non-hydrogen) atoms. The van der Waals surface area contributed by atoms with E-state index in [0.29, 0.717) is 11.8 Å². The molecular weight excluding hydrogens is 276 g/mol. The zero-order valence-corrected chi connectivity index (χ0v) is 13.3. The van der Waals surface area contributed by atoms with Crippen LogP contribution in [0, 0.1) is 24.7 Å². The third-order valence-corrected chi connectivity index (χ3v) is 5.26. The monoisotopic (exact) mass is 298 g/mol. The lowest BCUT2D eigenvalue weighted by Crippen LogP contribution is -2.32. The van der Waals surface area contributed by atoms with Gasteiger partial charge in [0.05, 0.1) is 17.3 Å². The fourth-order valence-corrected chi connectivity index (χ4v) is 4.07. The van der Waals surface area contributed by atoms with Crippen molar-refractivity contribution in [2.75, 3.05) is 13.1 Å². The summed E-state index contributed by atoms with van der Waals surface area (Å²) in [4.78, 5) is 12.4. The first-order valence-electron chi connectivity index (χ1n) is 8.01. The van der Waals surface area contributed by atoms with Crippen molar-refractivity contribution >= 4 is 16.8 Å². The van der Waals surface area contributed by atoms with Gasteiger partial charge in [-0.2, -0.15) is 5.10 Å². The Bertz CT molecular complexity index is 740. The third kappa shape index (κ3) is 1.96. The van der Waals surface area contributed by atoms with Gasteiger partial charge in [0.1, 0.15) is 0 Å². The highest BCUT2D eigenvalue weighted by Crippen LogP contribution is 2.48. The molecule has 0 bridgehead atoms. The molecule has 2 heterocycles. The lowest BCUT2D eigenvalue weighted by molar-refractivity contribution is -0.123. The van der Waals surface area contributed by atoms with Crippen LogP contribution in [0.2, 0.25) is 0 Å². The van der Waals surface area contributed by atoms with Gasteiger partial charge in [-0.05, 0) is 44.3 Å². The summed E-state index contributed by atoms with van der Waals surface area (Å²) in [5, 5.41) is 12.3. The standard InChI is InChI=1S/C17H22N4O/c1-9-5-4-6-11-15(20-21(3)16(9)11)10(2)19-17(22)14-12-7-18-8-13(12)14/h4-6,10,12-14,18H,7-8H2,1-3H3,(H,19,22). The van der Waals surface area contributed by atoms with Gasteiger partial charge >= 0.3 is 0 Å². The molecule has 2 N–H and O–H groups in total. The highest BCUT2D eigenvalue weighted by molar-refractivity contribution is 5.87. The summed E-state index contributed by atoms with van der Waals surface area (Å²) in [5.41, 5.74) is 3.31. The second kappa shape index (κ2) is 4.81. The van der Waals surface area contributed by atoms with E-state index in [1.165, 1.54) is 5.56 Å². The van der Waals surface area contributed by atoms with E-state index in [-0.39, 0.29) is 17.9 Å². The number of hydrogen-bond donors (Lipinski definition) is 2.